The lowest BCUT2D eigenvalue weighted by Gasteiger charge is -2.64. The topological polar surface area (TPSA) is 29.1 Å². The predicted molar refractivity (Wildman–Crippen MR) is 87.4 cm³/mol. The highest BCUT2D eigenvalue weighted by molar-refractivity contribution is 6.21. The molecule has 4 aliphatic rings. The Hall–Kier alpha value is -0.240. The smallest absolute Gasteiger partial charge is 0.226 e. The lowest BCUT2D eigenvalue weighted by molar-refractivity contribution is -0.171. The molecule has 0 heterocycles. The number of halogens is 1. The monoisotopic (exact) mass is 311 g/mol. The maximum atomic E-state index is 13.1. The van der Waals surface area contributed by atoms with E-state index in [2.05, 4.69) is 19.2 Å². The largest absolute Gasteiger partial charge is 0.349 e. The fourth-order valence-corrected chi connectivity index (χ4v) is 6.28. The number of rotatable bonds is 3. The second-order valence-corrected chi connectivity index (χ2v) is 10.4. The van der Waals surface area contributed by atoms with E-state index in [1.807, 2.05) is 20.8 Å². The molecule has 4 rings (SSSR count). The van der Waals surface area contributed by atoms with E-state index in [4.69, 9.17) is 11.6 Å². The molecule has 0 spiro atoms. The van der Waals surface area contributed by atoms with Gasteiger partial charge in [0, 0.05) is 0 Å². The molecule has 21 heavy (non-hydrogen) atoms. The molecule has 4 bridgehead atoms. The standard InChI is InChI=1S/C18H30ClNO/c1-12(19)15(2,3)20-14(21)18-8-13-6-16(4,10-18)9-17(5,7-13)11-18/h12-13H,6-11H2,1-5H3,(H,20,21). The van der Waals surface area contributed by atoms with E-state index in [0.717, 1.165) is 25.2 Å². The minimum absolute atomic E-state index is 0.0680. The first kappa shape index (κ1) is 15.6. The molecule has 1 N–H and O–H groups in total. The van der Waals surface area contributed by atoms with Crippen LogP contribution in [0.1, 0.15) is 73.1 Å². The number of amides is 1. The molecule has 0 radical (unpaired) electrons. The molecule has 120 valence electrons. The van der Waals surface area contributed by atoms with Crippen molar-refractivity contribution in [3.63, 3.8) is 0 Å². The highest BCUT2D eigenvalue weighted by atomic mass is 35.5. The molecular formula is C18H30ClNO. The van der Waals surface area contributed by atoms with Crippen LogP contribution in [0.25, 0.3) is 0 Å². The van der Waals surface area contributed by atoms with Crippen molar-refractivity contribution in [3.8, 4) is 0 Å². The second kappa shape index (κ2) is 4.40. The van der Waals surface area contributed by atoms with Gasteiger partial charge in [-0.25, -0.2) is 0 Å². The van der Waals surface area contributed by atoms with E-state index in [-0.39, 0.29) is 22.2 Å². The van der Waals surface area contributed by atoms with Crippen LogP contribution in [0.15, 0.2) is 0 Å². The Bertz CT molecular complexity index is 452. The molecule has 1 amide bonds. The van der Waals surface area contributed by atoms with Gasteiger partial charge >= 0.3 is 0 Å². The maximum absolute atomic E-state index is 13.1. The summed E-state index contributed by atoms with van der Waals surface area (Å²) in [5.74, 6) is 1.01. The highest BCUT2D eigenvalue weighted by Gasteiger charge is 2.63. The van der Waals surface area contributed by atoms with Gasteiger partial charge in [0.25, 0.3) is 0 Å². The van der Waals surface area contributed by atoms with Crippen molar-refractivity contribution < 1.29 is 4.79 Å². The van der Waals surface area contributed by atoms with Crippen LogP contribution in [-0.4, -0.2) is 16.8 Å². The highest BCUT2D eigenvalue weighted by Crippen LogP contribution is 2.69. The summed E-state index contributed by atoms with van der Waals surface area (Å²) in [7, 11) is 0. The first-order valence-electron chi connectivity index (χ1n) is 8.45. The fourth-order valence-electron chi connectivity index (χ4n) is 6.23. The van der Waals surface area contributed by atoms with Gasteiger partial charge in [0.05, 0.1) is 16.3 Å². The average Bonchev–Trinajstić information content (AvgIpc) is 2.22. The van der Waals surface area contributed by atoms with Crippen molar-refractivity contribution in [2.45, 2.75) is 84.1 Å². The number of hydrogen-bond donors (Lipinski definition) is 1. The van der Waals surface area contributed by atoms with Gasteiger partial charge in [0.1, 0.15) is 0 Å². The van der Waals surface area contributed by atoms with Gasteiger partial charge in [-0.1, -0.05) is 13.8 Å². The van der Waals surface area contributed by atoms with Crippen LogP contribution < -0.4 is 5.32 Å². The third-order valence-corrected chi connectivity index (χ3v) is 7.08. The van der Waals surface area contributed by atoms with Crippen LogP contribution in [0.3, 0.4) is 0 Å². The molecule has 0 aliphatic heterocycles. The second-order valence-electron chi connectivity index (χ2n) is 9.70. The predicted octanol–water partition coefficient (Wildman–Crippen LogP) is 4.51. The van der Waals surface area contributed by atoms with Crippen molar-refractivity contribution >= 4 is 17.5 Å². The van der Waals surface area contributed by atoms with E-state index < -0.39 is 0 Å². The summed E-state index contributed by atoms with van der Waals surface area (Å²) < 4.78 is 0. The van der Waals surface area contributed by atoms with E-state index in [1.54, 1.807) is 0 Å². The summed E-state index contributed by atoms with van der Waals surface area (Å²) in [6.07, 6.45) is 7.20. The maximum Gasteiger partial charge on any atom is 0.226 e. The Morgan fingerprint density at radius 3 is 2.10 bits per heavy atom. The molecule has 4 saturated carbocycles. The van der Waals surface area contributed by atoms with Crippen LogP contribution >= 0.6 is 11.6 Å². The van der Waals surface area contributed by atoms with Gasteiger partial charge in [-0.15, -0.1) is 11.6 Å². The lowest BCUT2D eigenvalue weighted by Crippen LogP contribution is -2.62. The normalized spacial score (nSPS) is 46.5. The summed E-state index contributed by atoms with van der Waals surface area (Å²) in [6, 6.07) is 0. The van der Waals surface area contributed by atoms with E-state index in [0.29, 0.717) is 10.8 Å². The molecule has 4 fully saturated rings. The SMILES string of the molecule is CC(Cl)C(C)(C)NC(=O)C12CC3CC(C)(CC(C)(C3)C1)C2. The van der Waals surface area contributed by atoms with Gasteiger partial charge in [-0.3, -0.25) is 4.79 Å². The zero-order valence-corrected chi connectivity index (χ0v) is 14.9. The molecule has 0 aromatic rings. The molecule has 0 aromatic heterocycles. The third-order valence-electron chi connectivity index (χ3n) is 6.54. The van der Waals surface area contributed by atoms with Crippen LogP contribution in [-0.2, 0) is 4.79 Å². The zero-order valence-electron chi connectivity index (χ0n) is 14.2. The van der Waals surface area contributed by atoms with Crippen molar-refractivity contribution in [3.05, 3.63) is 0 Å². The average molecular weight is 312 g/mol. The summed E-state index contributed by atoms with van der Waals surface area (Å²) in [5.41, 5.74) is 0.278. The number of hydrogen-bond acceptors (Lipinski definition) is 1. The molecule has 2 nitrogen and oxygen atoms in total. The van der Waals surface area contributed by atoms with Crippen molar-refractivity contribution in [1.29, 1.82) is 0 Å². The minimum atomic E-state index is -0.343. The van der Waals surface area contributed by atoms with Gasteiger partial charge in [0.2, 0.25) is 5.91 Å². The van der Waals surface area contributed by atoms with Crippen LogP contribution in [0, 0.1) is 22.2 Å². The van der Waals surface area contributed by atoms with E-state index in [9.17, 15) is 4.79 Å². The summed E-state index contributed by atoms with van der Waals surface area (Å²) in [5, 5.41) is 3.21. The Balaban J connectivity index is 1.86. The number of alkyl halides is 1. The zero-order chi connectivity index (χ0) is 15.7. The Labute approximate surface area is 134 Å². The Morgan fingerprint density at radius 1 is 1.14 bits per heavy atom. The van der Waals surface area contributed by atoms with Gasteiger partial charge in [-0.05, 0) is 76.0 Å². The molecule has 0 saturated heterocycles. The quantitative estimate of drug-likeness (QED) is 0.764. The third kappa shape index (κ3) is 2.52. The fraction of sp³-hybridized carbons (Fsp3) is 0.944. The van der Waals surface area contributed by atoms with Gasteiger partial charge < -0.3 is 5.32 Å². The van der Waals surface area contributed by atoms with E-state index >= 15 is 0 Å². The molecule has 3 unspecified atom stereocenters. The van der Waals surface area contributed by atoms with Gasteiger partial charge in [-0.2, -0.15) is 0 Å². The Morgan fingerprint density at radius 2 is 1.67 bits per heavy atom. The summed E-state index contributed by atoms with van der Waals surface area (Å²) in [6.45, 7) is 10.9. The number of nitrogens with one attached hydrogen (secondary N) is 1. The minimum Gasteiger partial charge on any atom is -0.349 e. The van der Waals surface area contributed by atoms with E-state index in [1.165, 1.54) is 19.3 Å². The molecule has 4 aliphatic carbocycles. The van der Waals surface area contributed by atoms with Crippen molar-refractivity contribution in [2.75, 3.05) is 0 Å². The first-order valence-corrected chi connectivity index (χ1v) is 8.88. The first-order chi connectivity index (χ1) is 9.48. The lowest BCUT2D eigenvalue weighted by atomic mass is 9.40. The summed E-state index contributed by atoms with van der Waals surface area (Å²) >= 11 is 6.26. The molecule has 0 aromatic carbocycles. The number of carbonyl (C=O) groups is 1. The van der Waals surface area contributed by atoms with Crippen molar-refractivity contribution in [1.82, 2.24) is 5.32 Å². The van der Waals surface area contributed by atoms with Crippen LogP contribution in [0.4, 0.5) is 0 Å². The van der Waals surface area contributed by atoms with Crippen molar-refractivity contribution in [2.24, 2.45) is 22.2 Å². The Kier molecular flexibility index (Phi) is 3.28. The molecular weight excluding hydrogens is 282 g/mol. The van der Waals surface area contributed by atoms with Crippen LogP contribution in [0.5, 0.6) is 0 Å². The molecule has 3 heteroatoms. The van der Waals surface area contributed by atoms with Gasteiger partial charge in [0.15, 0.2) is 0 Å². The molecule has 3 atom stereocenters. The summed E-state index contributed by atoms with van der Waals surface area (Å²) in [4.78, 5) is 13.1. The number of carbonyl (C=O) groups excluding carboxylic acids is 1. The van der Waals surface area contributed by atoms with Crippen LogP contribution in [0.2, 0.25) is 0 Å².